The predicted molar refractivity (Wildman–Crippen MR) is 122 cm³/mol. The van der Waals surface area contributed by atoms with Crippen LogP contribution < -0.4 is 10.9 Å². The lowest BCUT2D eigenvalue weighted by Crippen LogP contribution is -2.46. The zero-order chi connectivity index (χ0) is 22.9. The molecule has 0 spiro atoms. The molecule has 1 aromatic heterocycles. The highest BCUT2D eigenvalue weighted by molar-refractivity contribution is 7.89. The summed E-state index contributed by atoms with van der Waals surface area (Å²) in [4.78, 5) is 28.3. The van der Waals surface area contributed by atoms with Crippen LogP contribution >= 0.6 is 0 Å². The molecule has 1 heterocycles. The fraction of sp³-hybridized carbons (Fsp3) is 0.304. The number of aryl methyl sites for hydroxylation is 3. The largest absolute Gasteiger partial charge is 0.358 e. The zero-order valence-corrected chi connectivity index (χ0v) is 18.9. The molecule has 2 aromatic carbocycles. The molecule has 4 rings (SSSR count). The maximum atomic E-state index is 12.6. The number of fused-ring (bicyclic) bond motifs is 3. The summed E-state index contributed by atoms with van der Waals surface area (Å²) in [6.07, 6.45) is 4.29. The van der Waals surface area contributed by atoms with E-state index >= 15 is 0 Å². The first kappa shape index (κ1) is 22.0. The van der Waals surface area contributed by atoms with E-state index in [1.807, 2.05) is 19.1 Å². The van der Waals surface area contributed by atoms with Crippen molar-refractivity contribution in [1.82, 2.24) is 20.1 Å². The summed E-state index contributed by atoms with van der Waals surface area (Å²) in [5.74, 6) is -1.10. The molecule has 9 heteroatoms. The number of hydrogen-bond acceptors (Lipinski definition) is 4. The molecule has 0 aliphatic heterocycles. The molecule has 0 bridgehead atoms. The van der Waals surface area contributed by atoms with Crippen LogP contribution in [0.4, 0.5) is 0 Å². The van der Waals surface area contributed by atoms with Crippen LogP contribution in [0.1, 0.15) is 40.0 Å². The topological polar surface area (TPSA) is 111 Å². The smallest absolute Gasteiger partial charge is 0.269 e. The van der Waals surface area contributed by atoms with Gasteiger partial charge in [-0.1, -0.05) is 17.7 Å². The number of nitrogens with one attached hydrogen (secondary N) is 3. The number of benzene rings is 2. The highest BCUT2D eigenvalue weighted by Gasteiger charge is 2.23. The maximum Gasteiger partial charge on any atom is 0.269 e. The highest BCUT2D eigenvalue weighted by atomic mass is 32.2. The van der Waals surface area contributed by atoms with Gasteiger partial charge in [0.15, 0.2) is 0 Å². The van der Waals surface area contributed by atoms with Crippen molar-refractivity contribution in [3.63, 3.8) is 0 Å². The maximum absolute atomic E-state index is 12.6. The van der Waals surface area contributed by atoms with E-state index in [0.717, 1.165) is 46.5 Å². The van der Waals surface area contributed by atoms with E-state index < -0.39 is 28.4 Å². The van der Waals surface area contributed by atoms with Crippen molar-refractivity contribution in [2.75, 3.05) is 13.6 Å². The molecule has 168 valence electrons. The van der Waals surface area contributed by atoms with E-state index in [0.29, 0.717) is 5.56 Å². The molecule has 3 aromatic rings. The summed E-state index contributed by atoms with van der Waals surface area (Å²) in [5, 5.41) is 1.03. The second-order valence-electron chi connectivity index (χ2n) is 8.13. The number of sulfonamides is 1. The Hall–Kier alpha value is -3.17. The monoisotopic (exact) mass is 454 g/mol. The van der Waals surface area contributed by atoms with Crippen LogP contribution in [-0.4, -0.2) is 43.1 Å². The zero-order valence-electron chi connectivity index (χ0n) is 18.1. The Bertz CT molecular complexity index is 1280. The molecule has 0 fully saturated rings. The molecule has 0 radical (unpaired) electrons. The van der Waals surface area contributed by atoms with Gasteiger partial charge >= 0.3 is 0 Å². The highest BCUT2D eigenvalue weighted by Crippen LogP contribution is 2.29. The number of amides is 2. The fourth-order valence-corrected chi connectivity index (χ4v) is 5.09. The normalized spacial score (nSPS) is 13.7. The number of H-pyrrole nitrogens is 1. The Morgan fingerprint density at radius 2 is 1.75 bits per heavy atom. The number of nitrogens with zero attached hydrogens (tertiary/aromatic N) is 1. The van der Waals surface area contributed by atoms with E-state index in [-0.39, 0.29) is 4.90 Å². The Kier molecular flexibility index (Phi) is 6.03. The van der Waals surface area contributed by atoms with Gasteiger partial charge in [0.05, 0.1) is 11.4 Å². The van der Waals surface area contributed by atoms with Gasteiger partial charge in [-0.25, -0.2) is 8.42 Å². The van der Waals surface area contributed by atoms with Crippen LogP contribution in [0.2, 0.25) is 0 Å². The number of rotatable bonds is 5. The second-order valence-corrected chi connectivity index (χ2v) is 10.2. The Morgan fingerprint density at radius 3 is 2.50 bits per heavy atom. The molecule has 0 atom stereocenters. The third-order valence-corrected chi connectivity index (χ3v) is 7.59. The first-order valence-electron chi connectivity index (χ1n) is 10.5. The summed E-state index contributed by atoms with van der Waals surface area (Å²) >= 11 is 0. The number of likely N-dealkylation sites (N-methyl/N-ethyl adjacent to an activating group) is 1. The average molecular weight is 455 g/mol. The minimum Gasteiger partial charge on any atom is -0.358 e. The summed E-state index contributed by atoms with van der Waals surface area (Å²) in [6, 6.07) is 11.8. The van der Waals surface area contributed by atoms with E-state index in [1.54, 1.807) is 18.2 Å². The molecule has 32 heavy (non-hydrogen) atoms. The van der Waals surface area contributed by atoms with Crippen LogP contribution in [0.15, 0.2) is 47.4 Å². The summed E-state index contributed by atoms with van der Waals surface area (Å²) in [6.45, 7) is 1.43. The molecular formula is C23H26N4O4S. The quantitative estimate of drug-likeness (QED) is 0.514. The molecule has 3 N–H and O–H groups in total. The van der Waals surface area contributed by atoms with Gasteiger partial charge in [-0.15, -0.1) is 0 Å². The summed E-state index contributed by atoms with van der Waals surface area (Å²) in [7, 11) is -2.49. The number of aromatic amines is 1. The van der Waals surface area contributed by atoms with Gasteiger partial charge < -0.3 is 4.98 Å². The van der Waals surface area contributed by atoms with E-state index in [4.69, 9.17) is 0 Å². The van der Waals surface area contributed by atoms with Crippen molar-refractivity contribution >= 4 is 32.7 Å². The van der Waals surface area contributed by atoms with Crippen molar-refractivity contribution in [2.45, 2.75) is 37.5 Å². The Morgan fingerprint density at radius 1 is 1.03 bits per heavy atom. The minimum absolute atomic E-state index is 0.102. The number of aromatic nitrogens is 1. The lowest BCUT2D eigenvalue weighted by atomic mass is 9.95. The standard InChI is InChI=1S/C23H26N4O4S/c1-15-7-10-17(11-8-15)32(30,31)27(2)14-22(28)25-26-23(29)16-9-12-21-19(13-16)18-5-3-4-6-20(18)24-21/h7-13,24H,3-6,14H2,1-2H3,(H,25,28)(H,26,29). The van der Waals surface area contributed by atoms with Crippen molar-refractivity contribution in [2.24, 2.45) is 0 Å². The molecule has 2 amide bonds. The van der Waals surface area contributed by atoms with E-state index in [1.165, 1.54) is 30.4 Å². The van der Waals surface area contributed by atoms with Crippen molar-refractivity contribution in [1.29, 1.82) is 0 Å². The Labute approximate surface area is 187 Å². The molecule has 1 aliphatic carbocycles. The van der Waals surface area contributed by atoms with Crippen molar-refractivity contribution < 1.29 is 18.0 Å². The predicted octanol–water partition coefficient (Wildman–Crippen LogP) is 2.44. The minimum atomic E-state index is -3.81. The third kappa shape index (κ3) is 4.39. The third-order valence-electron chi connectivity index (χ3n) is 5.77. The number of carbonyl (C=O) groups excluding carboxylic acids is 2. The molecule has 8 nitrogen and oxygen atoms in total. The van der Waals surface area contributed by atoms with Gasteiger partial charge in [-0.05, 0) is 68.5 Å². The first-order chi connectivity index (χ1) is 15.3. The van der Waals surface area contributed by atoms with E-state index in [9.17, 15) is 18.0 Å². The SMILES string of the molecule is Cc1ccc(S(=O)(=O)N(C)CC(=O)NNC(=O)c2ccc3[nH]c4c(c3c2)CCCC4)cc1. The van der Waals surface area contributed by atoms with Gasteiger partial charge in [-0.2, -0.15) is 4.31 Å². The molecular weight excluding hydrogens is 428 g/mol. The van der Waals surface area contributed by atoms with Crippen LogP contribution in [-0.2, 0) is 27.7 Å². The number of hydrazine groups is 1. The van der Waals surface area contributed by atoms with Gasteiger partial charge in [-0.3, -0.25) is 20.4 Å². The van der Waals surface area contributed by atoms with Crippen LogP contribution in [0.3, 0.4) is 0 Å². The van der Waals surface area contributed by atoms with Crippen LogP contribution in [0.5, 0.6) is 0 Å². The van der Waals surface area contributed by atoms with Gasteiger partial charge in [0, 0.05) is 29.2 Å². The van der Waals surface area contributed by atoms with Crippen LogP contribution in [0, 0.1) is 6.92 Å². The van der Waals surface area contributed by atoms with Gasteiger partial charge in [0.2, 0.25) is 10.0 Å². The summed E-state index contributed by atoms with van der Waals surface area (Å²) in [5.41, 5.74) is 9.51. The molecule has 0 unspecified atom stereocenters. The Balaban J connectivity index is 1.38. The number of hydrogen-bond donors (Lipinski definition) is 3. The molecule has 0 saturated carbocycles. The first-order valence-corrected chi connectivity index (χ1v) is 12.0. The van der Waals surface area contributed by atoms with Gasteiger partial charge in [0.25, 0.3) is 11.8 Å². The summed E-state index contributed by atoms with van der Waals surface area (Å²) < 4.78 is 26.2. The molecule has 0 saturated heterocycles. The lowest BCUT2D eigenvalue weighted by molar-refractivity contribution is -0.121. The van der Waals surface area contributed by atoms with Crippen molar-refractivity contribution in [3.8, 4) is 0 Å². The van der Waals surface area contributed by atoms with Crippen LogP contribution in [0.25, 0.3) is 10.9 Å². The lowest BCUT2D eigenvalue weighted by Gasteiger charge is -2.17. The van der Waals surface area contributed by atoms with Gasteiger partial charge in [0.1, 0.15) is 0 Å². The average Bonchev–Trinajstić information content (AvgIpc) is 3.15. The molecule has 1 aliphatic rings. The fourth-order valence-electron chi connectivity index (χ4n) is 3.96. The van der Waals surface area contributed by atoms with E-state index in [2.05, 4.69) is 15.8 Å². The van der Waals surface area contributed by atoms with Crippen molar-refractivity contribution in [3.05, 3.63) is 64.8 Å². The number of carbonyl (C=O) groups is 2. The second kappa shape index (κ2) is 8.76.